The highest BCUT2D eigenvalue weighted by molar-refractivity contribution is 5.99. The van der Waals surface area contributed by atoms with Crippen LogP contribution in [0, 0.1) is 5.92 Å². The lowest BCUT2D eigenvalue weighted by molar-refractivity contribution is -0.139. The molecule has 2 atom stereocenters. The third kappa shape index (κ3) is 5.81. The van der Waals surface area contributed by atoms with Crippen LogP contribution in [-0.2, 0) is 17.4 Å². The van der Waals surface area contributed by atoms with Crippen molar-refractivity contribution in [2.45, 2.75) is 31.5 Å². The molecule has 0 bridgehead atoms. The number of carbonyl (C=O) groups is 2. The zero-order valence-corrected chi connectivity index (χ0v) is 18.5. The van der Waals surface area contributed by atoms with Gasteiger partial charge in [0, 0.05) is 11.4 Å². The monoisotopic (exact) mass is 484 g/mol. The number of carboxylic acids is 1. The van der Waals surface area contributed by atoms with Crippen molar-refractivity contribution < 1.29 is 33.0 Å². The van der Waals surface area contributed by atoms with Gasteiger partial charge in [-0.2, -0.15) is 13.2 Å². The summed E-state index contributed by atoms with van der Waals surface area (Å²) >= 11 is 0. The summed E-state index contributed by atoms with van der Waals surface area (Å²) in [6.07, 6.45) is -4.12. The number of hydrogen-bond donors (Lipinski definition) is 4. The average molecular weight is 484 g/mol. The normalized spacial score (nSPS) is 17.4. The lowest BCUT2D eigenvalue weighted by Crippen LogP contribution is -2.23. The van der Waals surface area contributed by atoms with Gasteiger partial charge in [-0.1, -0.05) is 36.4 Å². The molecule has 0 aromatic heterocycles. The molecule has 4 N–H and O–H groups in total. The molecule has 0 radical (unpaired) electrons. The fraction of sp³-hybridized carbons (Fsp3) is 0.231. The molecule has 1 aliphatic carbocycles. The molecule has 182 valence electrons. The highest BCUT2D eigenvalue weighted by atomic mass is 19.4. The number of anilines is 2. The van der Waals surface area contributed by atoms with E-state index < -0.39 is 29.8 Å². The molecule has 1 unspecified atom stereocenters. The minimum absolute atomic E-state index is 0.0239. The third-order valence-corrected chi connectivity index (χ3v) is 6.05. The van der Waals surface area contributed by atoms with Crippen molar-refractivity contribution in [1.29, 1.82) is 0 Å². The maximum Gasteiger partial charge on any atom is 0.416 e. The SMILES string of the molecule is O=C(O)C[C@H]1CCc2cc(-c3ccc(NC(=O)Nc4cccc(C(F)(F)F)c4)cc3)ccc2C1O. The molecule has 6 nitrogen and oxygen atoms in total. The van der Waals surface area contributed by atoms with Crippen molar-refractivity contribution in [2.24, 2.45) is 5.92 Å². The highest BCUT2D eigenvalue weighted by Crippen LogP contribution is 2.38. The van der Waals surface area contributed by atoms with Crippen LogP contribution in [0.25, 0.3) is 11.1 Å². The first kappa shape index (κ1) is 24.3. The zero-order chi connectivity index (χ0) is 25.2. The third-order valence-electron chi connectivity index (χ3n) is 6.05. The number of nitrogens with one attached hydrogen (secondary N) is 2. The Balaban J connectivity index is 1.41. The van der Waals surface area contributed by atoms with E-state index in [1.165, 1.54) is 12.1 Å². The van der Waals surface area contributed by atoms with E-state index in [1.807, 2.05) is 18.2 Å². The van der Waals surface area contributed by atoms with Gasteiger partial charge in [-0.15, -0.1) is 0 Å². The number of halogens is 3. The van der Waals surface area contributed by atoms with Crippen LogP contribution >= 0.6 is 0 Å². The van der Waals surface area contributed by atoms with E-state index in [1.54, 1.807) is 24.3 Å². The predicted octanol–water partition coefficient (Wildman–Crippen LogP) is 6.09. The smallest absolute Gasteiger partial charge is 0.416 e. The fourth-order valence-corrected chi connectivity index (χ4v) is 4.29. The lowest BCUT2D eigenvalue weighted by atomic mass is 9.79. The number of benzene rings is 3. The fourth-order valence-electron chi connectivity index (χ4n) is 4.29. The Morgan fingerprint density at radius 2 is 1.60 bits per heavy atom. The summed E-state index contributed by atoms with van der Waals surface area (Å²) in [6, 6.07) is 16.3. The van der Waals surface area contributed by atoms with Crippen LogP contribution in [0.4, 0.5) is 29.3 Å². The van der Waals surface area contributed by atoms with Gasteiger partial charge in [-0.3, -0.25) is 4.79 Å². The Bertz CT molecular complexity index is 1240. The highest BCUT2D eigenvalue weighted by Gasteiger charge is 2.31. The molecule has 4 rings (SSSR count). The van der Waals surface area contributed by atoms with Crippen molar-refractivity contribution in [2.75, 3.05) is 10.6 Å². The zero-order valence-electron chi connectivity index (χ0n) is 18.5. The number of alkyl halides is 3. The molecule has 0 aliphatic heterocycles. The summed E-state index contributed by atoms with van der Waals surface area (Å²) in [5.41, 5.74) is 3.13. The molecule has 0 fully saturated rings. The van der Waals surface area contributed by atoms with E-state index in [-0.39, 0.29) is 18.0 Å². The van der Waals surface area contributed by atoms with E-state index in [2.05, 4.69) is 10.6 Å². The van der Waals surface area contributed by atoms with Gasteiger partial charge in [0.15, 0.2) is 0 Å². The standard InChI is InChI=1S/C26H23F3N2O4/c27-26(28,29)19-2-1-3-21(14-19)31-25(35)30-20-9-6-15(7-10-20)16-8-11-22-17(12-16)4-5-18(24(22)34)13-23(32)33/h1-3,6-12,14,18,24,34H,4-5,13H2,(H,32,33)(H2,30,31,35)/t18-,24?/m1/s1. The maximum atomic E-state index is 12.8. The number of hydrogen-bond acceptors (Lipinski definition) is 3. The second-order valence-electron chi connectivity index (χ2n) is 8.49. The molecule has 3 aromatic carbocycles. The van der Waals surface area contributed by atoms with Crippen LogP contribution < -0.4 is 10.6 Å². The molecule has 0 heterocycles. The molecule has 1 aliphatic rings. The second-order valence-corrected chi connectivity index (χ2v) is 8.49. The van der Waals surface area contributed by atoms with E-state index in [0.29, 0.717) is 18.5 Å². The Hall–Kier alpha value is -3.85. The number of aryl methyl sites for hydroxylation is 1. The number of amides is 2. The minimum atomic E-state index is -4.50. The van der Waals surface area contributed by atoms with Crippen molar-refractivity contribution >= 4 is 23.4 Å². The van der Waals surface area contributed by atoms with Gasteiger partial charge < -0.3 is 20.8 Å². The largest absolute Gasteiger partial charge is 0.481 e. The van der Waals surface area contributed by atoms with Crippen LogP contribution in [0.3, 0.4) is 0 Å². The molecule has 3 aromatic rings. The predicted molar refractivity (Wildman–Crippen MR) is 125 cm³/mol. The number of rotatable bonds is 5. The second kappa shape index (κ2) is 9.79. The van der Waals surface area contributed by atoms with E-state index in [0.717, 1.165) is 34.4 Å². The summed E-state index contributed by atoms with van der Waals surface area (Å²) in [5, 5.41) is 24.6. The van der Waals surface area contributed by atoms with Crippen molar-refractivity contribution in [3.8, 4) is 11.1 Å². The summed E-state index contributed by atoms with van der Waals surface area (Å²) in [7, 11) is 0. The lowest BCUT2D eigenvalue weighted by Gasteiger charge is -2.29. The number of carboxylic acid groups (broad SMARTS) is 1. The molecular formula is C26H23F3N2O4. The van der Waals surface area contributed by atoms with Crippen LogP contribution in [0.5, 0.6) is 0 Å². The molecule has 35 heavy (non-hydrogen) atoms. The molecule has 0 saturated heterocycles. The summed E-state index contributed by atoms with van der Waals surface area (Å²) < 4.78 is 38.5. The topological polar surface area (TPSA) is 98.7 Å². The van der Waals surface area contributed by atoms with Gasteiger partial charge in [0.05, 0.1) is 18.1 Å². The molecule has 0 saturated carbocycles. The van der Waals surface area contributed by atoms with Gasteiger partial charge >= 0.3 is 18.2 Å². The van der Waals surface area contributed by atoms with Gasteiger partial charge in [-0.05, 0) is 71.3 Å². The van der Waals surface area contributed by atoms with Crippen LogP contribution in [0.2, 0.25) is 0 Å². The van der Waals surface area contributed by atoms with Gasteiger partial charge in [0.25, 0.3) is 0 Å². The van der Waals surface area contributed by atoms with E-state index >= 15 is 0 Å². The number of aliphatic hydroxyl groups is 1. The minimum Gasteiger partial charge on any atom is -0.481 e. The molecule has 0 spiro atoms. The Kier molecular flexibility index (Phi) is 6.79. The number of aliphatic carboxylic acids is 1. The first-order valence-corrected chi connectivity index (χ1v) is 11.0. The van der Waals surface area contributed by atoms with Crippen LogP contribution in [0.15, 0.2) is 66.7 Å². The van der Waals surface area contributed by atoms with E-state index in [4.69, 9.17) is 5.11 Å². The van der Waals surface area contributed by atoms with Gasteiger partial charge in [-0.25, -0.2) is 4.79 Å². The molecule has 2 amide bonds. The number of aliphatic hydroxyl groups excluding tert-OH is 1. The molecular weight excluding hydrogens is 461 g/mol. The van der Waals surface area contributed by atoms with Crippen molar-refractivity contribution in [1.82, 2.24) is 0 Å². The first-order valence-electron chi connectivity index (χ1n) is 11.0. The van der Waals surface area contributed by atoms with Crippen molar-refractivity contribution in [3.63, 3.8) is 0 Å². The summed E-state index contributed by atoms with van der Waals surface area (Å²) in [5.74, 6) is -1.23. The first-order chi connectivity index (χ1) is 16.6. The molecule has 9 heteroatoms. The average Bonchev–Trinajstić information content (AvgIpc) is 2.80. The number of urea groups is 1. The van der Waals surface area contributed by atoms with Gasteiger partial charge in [0.2, 0.25) is 0 Å². The number of carbonyl (C=O) groups excluding carboxylic acids is 1. The summed E-state index contributed by atoms with van der Waals surface area (Å²) in [4.78, 5) is 23.2. The van der Waals surface area contributed by atoms with E-state index in [9.17, 15) is 27.9 Å². The Labute approximate surface area is 199 Å². The van der Waals surface area contributed by atoms with Crippen LogP contribution in [-0.4, -0.2) is 22.2 Å². The van der Waals surface area contributed by atoms with Crippen LogP contribution in [0.1, 0.15) is 35.6 Å². The van der Waals surface area contributed by atoms with Gasteiger partial charge in [0.1, 0.15) is 0 Å². The maximum absolute atomic E-state index is 12.8. The van der Waals surface area contributed by atoms with Crippen molar-refractivity contribution in [3.05, 3.63) is 83.4 Å². The summed E-state index contributed by atoms with van der Waals surface area (Å²) in [6.45, 7) is 0. The Morgan fingerprint density at radius 3 is 2.29 bits per heavy atom. The quantitative estimate of drug-likeness (QED) is 0.352. The Morgan fingerprint density at radius 1 is 0.914 bits per heavy atom. The number of fused-ring (bicyclic) bond motifs is 1.